The summed E-state index contributed by atoms with van der Waals surface area (Å²) in [5, 5.41) is 3.71. The van der Waals surface area contributed by atoms with Gasteiger partial charge in [0.2, 0.25) is 0 Å². The van der Waals surface area contributed by atoms with Gasteiger partial charge in [0.05, 0.1) is 16.4 Å². The highest BCUT2D eigenvalue weighted by Gasteiger charge is 2.20. The third-order valence-electron chi connectivity index (χ3n) is 4.05. The summed E-state index contributed by atoms with van der Waals surface area (Å²) in [6.07, 6.45) is 2.33. The SMILES string of the molecule is Cc1ccccc1C(=O)Nc1cccc(Cl)c1N1CCCC1. The van der Waals surface area contributed by atoms with Gasteiger partial charge in [-0.25, -0.2) is 0 Å². The maximum Gasteiger partial charge on any atom is 0.255 e. The molecule has 114 valence electrons. The lowest BCUT2D eigenvalue weighted by molar-refractivity contribution is 0.102. The number of halogens is 1. The minimum absolute atomic E-state index is 0.0965. The van der Waals surface area contributed by atoms with Gasteiger partial charge in [0.1, 0.15) is 0 Å². The Bertz CT molecular complexity index is 693. The van der Waals surface area contributed by atoms with Gasteiger partial charge in [-0.05, 0) is 43.5 Å². The predicted octanol–water partition coefficient (Wildman–Crippen LogP) is 4.50. The van der Waals surface area contributed by atoms with E-state index in [1.165, 1.54) is 0 Å². The molecule has 0 unspecified atom stereocenters. The molecule has 2 aromatic carbocycles. The number of para-hydroxylation sites is 1. The fourth-order valence-corrected chi connectivity index (χ4v) is 3.19. The average Bonchev–Trinajstić information content (AvgIpc) is 3.01. The summed E-state index contributed by atoms with van der Waals surface area (Å²) in [4.78, 5) is 14.8. The molecule has 0 bridgehead atoms. The van der Waals surface area contributed by atoms with Crippen LogP contribution in [0.4, 0.5) is 11.4 Å². The van der Waals surface area contributed by atoms with Crippen LogP contribution >= 0.6 is 11.6 Å². The van der Waals surface area contributed by atoms with Gasteiger partial charge in [0, 0.05) is 18.7 Å². The molecule has 22 heavy (non-hydrogen) atoms. The van der Waals surface area contributed by atoms with Crippen LogP contribution in [-0.4, -0.2) is 19.0 Å². The lowest BCUT2D eigenvalue weighted by Gasteiger charge is -2.23. The van der Waals surface area contributed by atoms with Crippen molar-refractivity contribution in [3.8, 4) is 0 Å². The molecule has 1 heterocycles. The Balaban J connectivity index is 1.91. The van der Waals surface area contributed by atoms with Crippen LogP contribution in [-0.2, 0) is 0 Å². The fourth-order valence-electron chi connectivity index (χ4n) is 2.90. The first-order chi connectivity index (χ1) is 10.7. The first-order valence-corrected chi connectivity index (χ1v) is 7.95. The van der Waals surface area contributed by atoms with Crippen molar-refractivity contribution in [1.29, 1.82) is 0 Å². The Morgan fingerprint density at radius 3 is 2.55 bits per heavy atom. The monoisotopic (exact) mass is 314 g/mol. The molecular weight excluding hydrogens is 296 g/mol. The Morgan fingerprint density at radius 1 is 1.09 bits per heavy atom. The number of hydrogen-bond donors (Lipinski definition) is 1. The highest BCUT2D eigenvalue weighted by molar-refractivity contribution is 6.34. The van der Waals surface area contributed by atoms with E-state index in [2.05, 4.69) is 10.2 Å². The van der Waals surface area contributed by atoms with Crippen LogP contribution in [0.25, 0.3) is 0 Å². The lowest BCUT2D eigenvalue weighted by Crippen LogP contribution is -2.21. The van der Waals surface area contributed by atoms with E-state index in [0.29, 0.717) is 10.6 Å². The molecule has 0 radical (unpaired) electrons. The smallest absolute Gasteiger partial charge is 0.255 e. The van der Waals surface area contributed by atoms with Gasteiger partial charge in [0.15, 0.2) is 0 Å². The number of benzene rings is 2. The van der Waals surface area contributed by atoms with Gasteiger partial charge < -0.3 is 10.2 Å². The summed E-state index contributed by atoms with van der Waals surface area (Å²) in [6, 6.07) is 13.2. The maximum absolute atomic E-state index is 12.5. The van der Waals surface area contributed by atoms with E-state index in [1.54, 1.807) is 0 Å². The van der Waals surface area contributed by atoms with Crippen molar-refractivity contribution in [2.24, 2.45) is 0 Å². The van der Waals surface area contributed by atoms with Gasteiger partial charge >= 0.3 is 0 Å². The van der Waals surface area contributed by atoms with Crippen LogP contribution in [0.15, 0.2) is 42.5 Å². The minimum atomic E-state index is -0.0965. The Kier molecular flexibility index (Phi) is 4.34. The van der Waals surface area contributed by atoms with Gasteiger partial charge in [-0.15, -0.1) is 0 Å². The second-order valence-corrected chi connectivity index (χ2v) is 6.01. The van der Waals surface area contributed by atoms with Crippen LogP contribution in [0.1, 0.15) is 28.8 Å². The fraction of sp³-hybridized carbons (Fsp3) is 0.278. The van der Waals surface area contributed by atoms with E-state index in [9.17, 15) is 4.79 Å². The molecule has 0 spiro atoms. The van der Waals surface area contributed by atoms with Crippen molar-refractivity contribution < 1.29 is 4.79 Å². The molecule has 1 fully saturated rings. The van der Waals surface area contributed by atoms with Crippen molar-refractivity contribution in [2.75, 3.05) is 23.3 Å². The summed E-state index contributed by atoms with van der Waals surface area (Å²) in [5.74, 6) is -0.0965. The summed E-state index contributed by atoms with van der Waals surface area (Å²) in [5.41, 5.74) is 3.37. The predicted molar refractivity (Wildman–Crippen MR) is 92.0 cm³/mol. The molecular formula is C18H19ClN2O. The van der Waals surface area contributed by atoms with Crippen LogP contribution in [0.3, 0.4) is 0 Å². The first-order valence-electron chi connectivity index (χ1n) is 7.57. The van der Waals surface area contributed by atoms with E-state index < -0.39 is 0 Å². The van der Waals surface area contributed by atoms with Gasteiger partial charge in [0.25, 0.3) is 5.91 Å². The number of rotatable bonds is 3. The summed E-state index contributed by atoms with van der Waals surface area (Å²) in [7, 11) is 0. The first kappa shape index (κ1) is 14.9. The van der Waals surface area contributed by atoms with E-state index in [1.807, 2.05) is 49.4 Å². The van der Waals surface area contributed by atoms with E-state index >= 15 is 0 Å². The second kappa shape index (κ2) is 6.41. The summed E-state index contributed by atoms with van der Waals surface area (Å²) < 4.78 is 0. The number of hydrogen-bond acceptors (Lipinski definition) is 2. The number of anilines is 2. The number of nitrogens with zero attached hydrogens (tertiary/aromatic N) is 1. The van der Waals surface area contributed by atoms with Crippen molar-refractivity contribution in [2.45, 2.75) is 19.8 Å². The van der Waals surface area contributed by atoms with Gasteiger partial charge in [-0.3, -0.25) is 4.79 Å². The van der Waals surface area contributed by atoms with Crippen LogP contribution < -0.4 is 10.2 Å². The molecule has 0 atom stereocenters. The number of aryl methyl sites for hydroxylation is 1. The van der Waals surface area contributed by atoms with Crippen molar-refractivity contribution in [1.82, 2.24) is 0 Å². The third kappa shape index (κ3) is 2.95. The zero-order valence-corrected chi connectivity index (χ0v) is 13.4. The Hall–Kier alpha value is -2.00. The molecule has 1 saturated heterocycles. The van der Waals surface area contributed by atoms with Gasteiger partial charge in [-0.1, -0.05) is 35.9 Å². The van der Waals surface area contributed by atoms with Crippen LogP contribution in [0, 0.1) is 6.92 Å². The third-order valence-corrected chi connectivity index (χ3v) is 4.35. The molecule has 1 amide bonds. The number of nitrogens with one attached hydrogen (secondary N) is 1. The molecule has 0 saturated carbocycles. The zero-order valence-electron chi connectivity index (χ0n) is 12.6. The zero-order chi connectivity index (χ0) is 15.5. The van der Waals surface area contributed by atoms with E-state index in [4.69, 9.17) is 11.6 Å². The van der Waals surface area contributed by atoms with E-state index in [-0.39, 0.29) is 5.91 Å². The lowest BCUT2D eigenvalue weighted by atomic mass is 10.1. The molecule has 3 rings (SSSR count). The Labute approximate surface area is 135 Å². The van der Waals surface area contributed by atoms with Crippen molar-refractivity contribution >= 4 is 28.9 Å². The van der Waals surface area contributed by atoms with Crippen molar-refractivity contribution in [3.63, 3.8) is 0 Å². The minimum Gasteiger partial charge on any atom is -0.369 e. The molecule has 0 aliphatic carbocycles. The van der Waals surface area contributed by atoms with E-state index in [0.717, 1.165) is 42.9 Å². The standard InChI is InChI=1S/C18H19ClN2O/c1-13-7-2-3-8-14(13)18(22)20-16-10-6-9-15(19)17(16)21-11-4-5-12-21/h2-3,6-10H,4-5,11-12H2,1H3,(H,20,22). The molecule has 2 aromatic rings. The number of carbonyl (C=O) groups is 1. The normalized spacial score (nSPS) is 14.2. The second-order valence-electron chi connectivity index (χ2n) is 5.60. The topological polar surface area (TPSA) is 32.3 Å². The average molecular weight is 315 g/mol. The molecule has 1 N–H and O–H groups in total. The largest absolute Gasteiger partial charge is 0.369 e. The molecule has 0 aromatic heterocycles. The Morgan fingerprint density at radius 2 is 1.82 bits per heavy atom. The summed E-state index contributed by atoms with van der Waals surface area (Å²) >= 11 is 6.38. The molecule has 3 nitrogen and oxygen atoms in total. The van der Waals surface area contributed by atoms with Crippen LogP contribution in [0.5, 0.6) is 0 Å². The molecule has 1 aliphatic rings. The number of amides is 1. The maximum atomic E-state index is 12.5. The quantitative estimate of drug-likeness (QED) is 0.904. The van der Waals surface area contributed by atoms with Crippen molar-refractivity contribution in [3.05, 3.63) is 58.6 Å². The number of carbonyl (C=O) groups excluding carboxylic acids is 1. The molecule has 4 heteroatoms. The summed E-state index contributed by atoms with van der Waals surface area (Å²) in [6.45, 7) is 3.90. The highest BCUT2D eigenvalue weighted by atomic mass is 35.5. The van der Waals surface area contributed by atoms with Crippen LogP contribution in [0.2, 0.25) is 5.02 Å². The van der Waals surface area contributed by atoms with Gasteiger partial charge in [-0.2, -0.15) is 0 Å². The molecule has 1 aliphatic heterocycles. The highest BCUT2D eigenvalue weighted by Crippen LogP contribution is 2.36.